The van der Waals surface area contributed by atoms with Crippen molar-refractivity contribution in [3.63, 3.8) is 0 Å². The molecule has 168 valence electrons. The lowest BCUT2D eigenvalue weighted by Crippen LogP contribution is -2.36. The van der Waals surface area contributed by atoms with Gasteiger partial charge < -0.3 is 15.1 Å². The molecule has 4 rings (SSSR count). The summed E-state index contributed by atoms with van der Waals surface area (Å²) in [5.74, 6) is -0.00678. The number of hydrogen-bond acceptors (Lipinski definition) is 6. The first kappa shape index (κ1) is 22.1. The molecular weight excluding hydrogens is 436 g/mol. The Morgan fingerprint density at radius 3 is 2.58 bits per heavy atom. The summed E-state index contributed by atoms with van der Waals surface area (Å²) in [6, 6.07) is 2.81. The molecule has 2 aromatic heterocycles. The SMILES string of the molecule is CC(C)(C)[C@H]1CCc2c(sc(NC(=O)c3ccco3)c2C(=O)N[C@@H]2CCS(=O)(=O)C2)C1. The van der Waals surface area contributed by atoms with Crippen LogP contribution in [0.25, 0.3) is 0 Å². The standard InChI is InChI=1S/C22H28N2O5S2/c1-22(2,3)13-6-7-15-17(11-13)30-21(24-19(25)16-5-4-9-29-16)18(15)20(26)23-14-8-10-31(27,28)12-14/h4-5,9,13-14H,6-8,10-12H2,1-3H3,(H,23,26)(H,24,25)/t13-,14+/m0/s1. The molecule has 2 atom stereocenters. The fourth-order valence-electron chi connectivity index (χ4n) is 4.39. The molecule has 7 nitrogen and oxygen atoms in total. The van der Waals surface area contributed by atoms with Crippen LogP contribution in [0, 0.1) is 11.3 Å². The molecule has 31 heavy (non-hydrogen) atoms. The van der Waals surface area contributed by atoms with E-state index in [2.05, 4.69) is 31.4 Å². The van der Waals surface area contributed by atoms with Gasteiger partial charge in [0.1, 0.15) is 5.00 Å². The molecule has 2 amide bonds. The van der Waals surface area contributed by atoms with Crippen LogP contribution in [0.1, 0.15) is 65.0 Å². The molecule has 2 N–H and O–H groups in total. The molecular formula is C22H28N2O5S2. The molecule has 9 heteroatoms. The van der Waals surface area contributed by atoms with Crippen molar-refractivity contribution in [3.05, 3.63) is 40.2 Å². The van der Waals surface area contributed by atoms with Crippen LogP contribution < -0.4 is 10.6 Å². The largest absolute Gasteiger partial charge is 0.459 e. The van der Waals surface area contributed by atoms with Crippen LogP contribution in [0.15, 0.2) is 22.8 Å². The maximum Gasteiger partial charge on any atom is 0.291 e. The third-order valence-corrected chi connectivity index (χ3v) is 9.19. The van der Waals surface area contributed by atoms with Crippen LogP contribution in [-0.4, -0.2) is 37.8 Å². The lowest BCUT2D eigenvalue weighted by atomic mass is 9.72. The van der Waals surface area contributed by atoms with E-state index < -0.39 is 21.8 Å². The molecule has 0 bridgehead atoms. The highest BCUT2D eigenvalue weighted by atomic mass is 32.2. The molecule has 2 aliphatic rings. The predicted molar refractivity (Wildman–Crippen MR) is 120 cm³/mol. The Hall–Kier alpha value is -2.13. The minimum Gasteiger partial charge on any atom is -0.459 e. The Bertz CT molecular complexity index is 1090. The van der Waals surface area contributed by atoms with Crippen LogP contribution in [-0.2, 0) is 22.7 Å². The first-order chi connectivity index (χ1) is 14.5. The van der Waals surface area contributed by atoms with Crippen molar-refractivity contribution in [2.75, 3.05) is 16.8 Å². The Labute approximate surface area is 186 Å². The quantitative estimate of drug-likeness (QED) is 0.718. The third kappa shape index (κ3) is 4.72. The fourth-order valence-corrected chi connectivity index (χ4v) is 7.39. The number of rotatable bonds is 4. The Kier molecular flexibility index (Phi) is 5.76. The number of sulfone groups is 1. The van der Waals surface area contributed by atoms with E-state index in [1.807, 2.05) is 0 Å². The second-order valence-electron chi connectivity index (χ2n) is 9.52. The first-order valence-electron chi connectivity index (χ1n) is 10.5. The zero-order valence-electron chi connectivity index (χ0n) is 18.0. The molecule has 0 spiro atoms. The van der Waals surface area contributed by atoms with Crippen molar-refractivity contribution < 1.29 is 22.4 Å². The van der Waals surface area contributed by atoms with Crippen molar-refractivity contribution in [2.45, 2.75) is 52.5 Å². The summed E-state index contributed by atoms with van der Waals surface area (Å²) in [6.45, 7) is 6.68. The zero-order valence-corrected chi connectivity index (χ0v) is 19.6. The number of nitrogens with one attached hydrogen (secondary N) is 2. The van der Waals surface area contributed by atoms with Gasteiger partial charge in [0.2, 0.25) is 0 Å². The Morgan fingerprint density at radius 1 is 1.19 bits per heavy atom. The molecule has 1 aliphatic heterocycles. The second kappa shape index (κ2) is 8.09. The lowest BCUT2D eigenvalue weighted by Gasteiger charge is -2.33. The minimum atomic E-state index is -3.10. The second-order valence-corrected chi connectivity index (χ2v) is 12.9. The highest BCUT2D eigenvalue weighted by Crippen LogP contribution is 2.44. The molecule has 1 saturated heterocycles. The maximum absolute atomic E-state index is 13.2. The summed E-state index contributed by atoms with van der Waals surface area (Å²) in [6.07, 6.45) is 4.43. The fraction of sp³-hybridized carbons (Fsp3) is 0.545. The van der Waals surface area contributed by atoms with Gasteiger partial charge >= 0.3 is 0 Å². The van der Waals surface area contributed by atoms with Gasteiger partial charge in [0.15, 0.2) is 15.6 Å². The Balaban J connectivity index is 1.64. The van der Waals surface area contributed by atoms with E-state index >= 15 is 0 Å². The van der Waals surface area contributed by atoms with Crippen LogP contribution in [0.4, 0.5) is 5.00 Å². The predicted octanol–water partition coefficient (Wildman–Crippen LogP) is 3.66. The van der Waals surface area contributed by atoms with E-state index in [0.717, 1.165) is 29.7 Å². The van der Waals surface area contributed by atoms with Gasteiger partial charge in [0.05, 0.1) is 23.3 Å². The van der Waals surface area contributed by atoms with Gasteiger partial charge in [-0.3, -0.25) is 9.59 Å². The number of carbonyl (C=O) groups is 2. The number of carbonyl (C=O) groups excluding carboxylic acids is 2. The van der Waals surface area contributed by atoms with Gasteiger partial charge in [0.25, 0.3) is 11.8 Å². The van der Waals surface area contributed by atoms with Crippen LogP contribution in [0.3, 0.4) is 0 Å². The van der Waals surface area contributed by atoms with E-state index in [-0.39, 0.29) is 28.6 Å². The van der Waals surface area contributed by atoms with E-state index in [9.17, 15) is 18.0 Å². The van der Waals surface area contributed by atoms with Gasteiger partial charge in [0, 0.05) is 10.9 Å². The van der Waals surface area contributed by atoms with Gasteiger partial charge in [-0.25, -0.2) is 8.42 Å². The molecule has 0 saturated carbocycles. The summed E-state index contributed by atoms with van der Waals surface area (Å²) < 4.78 is 28.8. The van der Waals surface area contributed by atoms with Gasteiger partial charge in [-0.2, -0.15) is 0 Å². The molecule has 0 aromatic carbocycles. The average molecular weight is 465 g/mol. The number of hydrogen-bond donors (Lipinski definition) is 2. The summed E-state index contributed by atoms with van der Waals surface area (Å²) in [4.78, 5) is 27.0. The molecule has 3 heterocycles. The van der Waals surface area contributed by atoms with Crippen molar-refractivity contribution in [3.8, 4) is 0 Å². The van der Waals surface area contributed by atoms with Crippen molar-refractivity contribution in [2.24, 2.45) is 11.3 Å². The summed E-state index contributed by atoms with van der Waals surface area (Å²) in [5, 5.41) is 6.24. The van der Waals surface area contributed by atoms with E-state index in [1.54, 1.807) is 12.1 Å². The molecule has 1 fully saturated rings. The monoisotopic (exact) mass is 464 g/mol. The number of amides is 2. The summed E-state index contributed by atoms with van der Waals surface area (Å²) in [7, 11) is -3.10. The van der Waals surface area contributed by atoms with Crippen LogP contribution >= 0.6 is 11.3 Å². The summed E-state index contributed by atoms with van der Waals surface area (Å²) >= 11 is 1.44. The normalized spacial score (nSPS) is 22.7. The van der Waals surface area contributed by atoms with Crippen molar-refractivity contribution >= 4 is 38.0 Å². The molecule has 1 aliphatic carbocycles. The zero-order chi connectivity index (χ0) is 22.4. The van der Waals surface area contributed by atoms with Crippen LogP contribution in [0.5, 0.6) is 0 Å². The minimum absolute atomic E-state index is 0.0365. The van der Waals surface area contributed by atoms with E-state index in [1.165, 1.54) is 17.6 Å². The van der Waals surface area contributed by atoms with E-state index in [4.69, 9.17) is 4.42 Å². The topological polar surface area (TPSA) is 105 Å². The molecule has 2 aromatic rings. The first-order valence-corrected chi connectivity index (χ1v) is 13.2. The lowest BCUT2D eigenvalue weighted by molar-refractivity contribution is 0.0941. The maximum atomic E-state index is 13.2. The van der Waals surface area contributed by atoms with E-state index in [0.29, 0.717) is 22.9 Å². The molecule has 0 radical (unpaired) electrons. The highest BCUT2D eigenvalue weighted by molar-refractivity contribution is 7.91. The number of fused-ring (bicyclic) bond motifs is 1. The smallest absolute Gasteiger partial charge is 0.291 e. The number of anilines is 1. The van der Waals surface area contributed by atoms with Crippen LogP contribution in [0.2, 0.25) is 0 Å². The molecule has 0 unspecified atom stereocenters. The highest BCUT2D eigenvalue weighted by Gasteiger charge is 2.36. The number of thiophene rings is 1. The number of furan rings is 1. The Morgan fingerprint density at radius 2 is 1.97 bits per heavy atom. The third-order valence-electron chi connectivity index (χ3n) is 6.26. The van der Waals surface area contributed by atoms with Crippen molar-refractivity contribution in [1.82, 2.24) is 5.32 Å². The van der Waals surface area contributed by atoms with Gasteiger partial charge in [-0.05, 0) is 54.7 Å². The van der Waals surface area contributed by atoms with Gasteiger partial charge in [-0.1, -0.05) is 20.8 Å². The van der Waals surface area contributed by atoms with Gasteiger partial charge in [-0.15, -0.1) is 11.3 Å². The van der Waals surface area contributed by atoms with Crippen molar-refractivity contribution in [1.29, 1.82) is 0 Å². The summed E-state index contributed by atoms with van der Waals surface area (Å²) in [5.41, 5.74) is 1.59. The average Bonchev–Trinajstić information content (AvgIpc) is 3.38.